The van der Waals surface area contributed by atoms with Crippen molar-refractivity contribution >= 4 is 23.6 Å². The summed E-state index contributed by atoms with van der Waals surface area (Å²) in [6.45, 7) is -0.895. The molecule has 0 fully saturated rings. The molecule has 0 radical (unpaired) electrons. The van der Waals surface area contributed by atoms with Crippen molar-refractivity contribution in [3.63, 3.8) is 0 Å². The lowest BCUT2D eigenvalue weighted by atomic mass is 9.81. The van der Waals surface area contributed by atoms with E-state index in [1.807, 2.05) is 0 Å². The van der Waals surface area contributed by atoms with Crippen LogP contribution in [0.5, 0.6) is 0 Å². The van der Waals surface area contributed by atoms with Crippen molar-refractivity contribution in [3.8, 4) is 0 Å². The van der Waals surface area contributed by atoms with Crippen LogP contribution in [0.1, 0.15) is 13.3 Å². The molecule has 0 aliphatic rings. The third-order valence-electron chi connectivity index (χ3n) is 2.93. The van der Waals surface area contributed by atoms with Gasteiger partial charge in [0.25, 0.3) is 0 Å². The molecular formula is C11H18N2O8. The van der Waals surface area contributed by atoms with Crippen molar-refractivity contribution in [1.29, 1.82) is 0 Å². The number of rotatable bonds is 9. The first-order valence-electron chi connectivity index (χ1n) is 5.86. The molecule has 0 aliphatic carbocycles. The van der Waals surface area contributed by atoms with Gasteiger partial charge in [0.05, 0.1) is 19.1 Å². The normalized spacial score (nSPS) is 16.4. The number of aliphatic hydroxyl groups is 2. The molecule has 3 atom stereocenters. The first-order valence-corrected chi connectivity index (χ1v) is 5.86. The molecule has 0 bridgehead atoms. The average molecular weight is 306 g/mol. The molecule has 0 aromatic carbocycles. The highest BCUT2D eigenvalue weighted by Crippen LogP contribution is 2.20. The summed E-state index contributed by atoms with van der Waals surface area (Å²) in [6.07, 6.45) is -0.871. The van der Waals surface area contributed by atoms with E-state index in [-0.39, 0.29) is 0 Å². The van der Waals surface area contributed by atoms with Gasteiger partial charge in [-0.25, -0.2) is 0 Å². The Morgan fingerprint density at radius 1 is 1.19 bits per heavy atom. The third kappa shape index (κ3) is 4.77. The molecule has 0 aromatic rings. The maximum absolute atomic E-state index is 11.8. The van der Waals surface area contributed by atoms with Crippen molar-refractivity contribution in [2.45, 2.75) is 24.9 Å². The predicted molar refractivity (Wildman–Crippen MR) is 67.1 cm³/mol. The highest BCUT2D eigenvalue weighted by molar-refractivity contribution is 5.94. The highest BCUT2D eigenvalue weighted by Gasteiger charge is 2.47. The molecule has 10 heteroatoms. The van der Waals surface area contributed by atoms with Crippen LogP contribution >= 0.6 is 0 Å². The number of amides is 1. The van der Waals surface area contributed by atoms with E-state index in [0.29, 0.717) is 0 Å². The topological polar surface area (TPSA) is 187 Å². The molecule has 0 rings (SSSR count). The minimum atomic E-state index is -2.56. The monoisotopic (exact) mass is 306 g/mol. The number of carbonyl (C=O) groups excluding carboxylic acids is 2. The van der Waals surface area contributed by atoms with Gasteiger partial charge in [0.2, 0.25) is 5.91 Å². The lowest BCUT2D eigenvalue weighted by molar-refractivity contribution is -0.159. The minimum Gasteiger partial charge on any atom is -0.481 e. The van der Waals surface area contributed by atoms with Crippen molar-refractivity contribution in [1.82, 2.24) is 5.32 Å². The molecule has 0 heterocycles. The Kier molecular flexibility index (Phi) is 6.92. The van der Waals surface area contributed by atoms with Crippen LogP contribution in [-0.4, -0.2) is 68.8 Å². The summed E-state index contributed by atoms with van der Waals surface area (Å²) < 4.78 is 0. The zero-order chi connectivity index (χ0) is 16.8. The molecule has 3 unspecified atom stereocenters. The van der Waals surface area contributed by atoms with Crippen LogP contribution in [0.15, 0.2) is 0 Å². The van der Waals surface area contributed by atoms with Gasteiger partial charge in [-0.1, -0.05) is 0 Å². The molecule has 0 spiro atoms. The van der Waals surface area contributed by atoms with Crippen LogP contribution in [0.2, 0.25) is 0 Å². The molecule has 10 nitrogen and oxygen atoms in total. The Balaban J connectivity index is 5.26. The van der Waals surface area contributed by atoms with Crippen LogP contribution < -0.4 is 11.1 Å². The van der Waals surface area contributed by atoms with E-state index in [1.54, 1.807) is 0 Å². The summed E-state index contributed by atoms with van der Waals surface area (Å²) in [5.74, 6) is -6.94. The Hall–Kier alpha value is -2.04. The zero-order valence-electron chi connectivity index (χ0n) is 11.3. The Bertz CT molecular complexity index is 438. The van der Waals surface area contributed by atoms with Gasteiger partial charge < -0.3 is 31.5 Å². The van der Waals surface area contributed by atoms with Gasteiger partial charge in [-0.05, 0) is 0 Å². The maximum atomic E-state index is 11.8. The lowest BCUT2D eigenvalue weighted by Gasteiger charge is -2.29. The van der Waals surface area contributed by atoms with Crippen LogP contribution in [0.4, 0.5) is 0 Å². The number of aliphatic carboxylic acids is 2. The largest absolute Gasteiger partial charge is 0.481 e. The Morgan fingerprint density at radius 3 is 2.00 bits per heavy atom. The van der Waals surface area contributed by atoms with E-state index in [1.165, 1.54) is 0 Å². The summed E-state index contributed by atoms with van der Waals surface area (Å²) in [5.41, 5.74) is 2.79. The number of nitrogens with one attached hydrogen (secondary N) is 1. The fourth-order valence-electron chi connectivity index (χ4n) is 1.63. The van der Waals surface area contributed by atoms with Gasteiger partial charge in [-0.2, -0.15) is 0 Å². The molecule has 120 valence electrons. The quantitative estimate of drug-likeness (QED) is 0.256. The number of ketones is 1. The van der Waals surface area contributed by atoms with Crippen LogP contribution in [0.25, 0.3) is 0 Å². The number of hydrogen-bond acceptors (Lipinski definition) is 7. The molecule has 0 saturated carbocycles. The first kappa shape index (κ1) is 19.0. The van der Waals surface area contributed by atoms with Crippen LogP contribution in [0.3, 0.4) is 0 Å². The van der Waals surface area contributed by atoms with Gasteiger partial charge in [-0.3, -0.25) is 19.2 Å². The van der Waals surface area contributed by atoms with Crippen LogP contribution in [-0.2, 0) is 19.2 Å². The number of carbonyl (C=O) groups is 4. The molecule has 0 aliphatic heterocycles. The lowest BCUT2D eigenvalue weighted by Crippen LogP contribution is -2.60. The predicted octanol–water partition coefficient (Wildman–Crippen LogP) is -3.08. The average Bonchev–Trinajstić information content (AvgIpc) is 2.39. The third-order valence-corrected chi connectivity index (χ3v) is 2.93. The molecule has 21 heavy (non-hydrogen) atoms. The second-order valence-corrected chi connectivity index (χ2v) is 4.50. The summed E-state index contributed by atoms with van der Waals surface area (Å²) >= 11 is 0. The number of Topliss-reactive ketones (excluding diaryl/α,β-unsaturated/α-hetero) is 1. The second-order valence-electron chi connectivity index (χ2n) is 4.50. The second kappa shape index (κ2) is 7.67. The number of carboxylic acids is 2. The molecular weight excluding hydrogens is 288 g/mol. The molecule has 0 aromatic heterocycles. The van der Waals surface area contributed by atoms with Gasteiger partial charge in [0.1, 0.15) is 6.04 Å². The SMILES string of the molecule is CC(=O)NC(CO)C(=O)CC(C(=O)O)C(N)(CO)C(=O)O. The summed E-state index contributed by atoms with van der Waals surface area (Å²) in [6, 6.07) is -1.37. The minimum absolute atomic E-state index is 0.631. The first-order chi connectivity index (χ1) is 9.59. The number of hydrogen-bond donors (Lipinski definition) is 6. The van der Waals surface area contributed by atoms with E-state index in [0.717, 1.165) is 6.92 Å². The number of nitrogens with two attached hydrogens (primary N) is 1. The van der Waals surface area contributed by atoms with Gasteiger partial charge in [0, 0.05) is 13.3 Å². The van der Waals surface area contributed by atoms with E-state index in [9.17, 15) is 19.2 Å². The smallest absolute Gasteiger partial charge is 0.327 e. The Labute approximate surface area is 119 Å². The molecule has 7 N–H and O–H groups in total. The maximum Gasteiger partial charge on any atom is 0.327 e. The van der Waals surface area contributed by atoms with Gasteiger partial charge in [-0.15, -0.1) is 0 Å². The summed E-state index contributed by atoms with van der Waals surface area (Å²) in [5, 5.41) is 38.1. The summed E-state index contributed by atoms with van der Waals surface area (Å²) in [4.78, 5) is 44.8. The standard InChI is InChI=1S/C11H18N2O8/c1-5(16)13-7(3-14)8(17)2-6(9(18)19)11(12,4-15)10(20)21/h6-7,14-15H,2-4,12H2,1H3,(H,13,16)(H,18,19)(H,20,21). The van der Waals surface area contributed by atoms with E-state index in [4.69, 9.17) is 26.2 Å². The zero-order valence-corrected chi connectivity index (χ0v) is 11.3. The number of carboxylic acid groups (broad SMARTS) is 2. The number of aliphatic hydroxyl groups excluding tert-OH is 2. The highest BCUT2D eigenvalue weighted by atomic mass is 16.4. The Morgan fingerprint density at radius 2 is 1.71 bits per heavy atom. The fraction of sp³-hybridized carbons (Fsp3) is 0.636. The van der Waals surface area contributed by atoms with E-state index >= 15 is 0 Å². The van der Waals surface area contributed by atoms with Crippen molar-refractivity contribution in [2.24, 2.45) is 11.7 Å². The van der Waals surface area contributed by atoms with Gasteiger partial charge >= 0.3 is 11.9 Å². The van der Waals surface area contributed by atoms with Crippen LogP contribution in [0, 0.1) is 5.92 Å². The fourth-order valence-corrected chi connectivity index (χ4v) is 1.63. The van der Waals surface area contributed by atoms with Crippen molar-refractivity contribution in [2.75, 3.05) is 13.2 Å². The van der Waals surface area contributed by atoms with E-state index < -0.39 is 60.8 Å². The van der Waals surface area contributed by atoms with Crippen molar-refractivity contribution in [3.05, 3.63) is 0 Å². The van der Waals surface area contributed by atoms with Gasteiger partial charge in [0.15, 0.2) is 11.3 Å². The summed E-state index contributed by atoms with van der Waals surface area (Å²) in [7, 11) is 0. The molecule has 0 saturated heterocycles. The van der Waals surface area contributed by atoms with Crippen molar-refractivity contribution < 1.29 is 39.6 Å². The van der Waals surface area contributed by atoms with E-state index in [2.05, 4.69) is 5.32 Å². The molecule has 1 amide bonds.